The number of hydrogen-bond donors (Lipinski definition) is 0. The van der Waals surface area contributed by atoms with E-state index in [0.717, 1.165) is 0 Å². The van der Waals surface area contributed by atoms with Crippen LogP contribution in [0.4, 0.5) is 0 Å². The minimum Gasteiger partial charge on any atom is -1.00 e. The molecule has 0 saturated carbocycles. The fraction of sp³-hybridized carbons (Fsp3) is 0.636. The first-order valence-corrected chi connectivity index (χ1v) is 11.6. The first-order chi connectivity index (χ1) is 10.6. The van der Waals surface area contributed by atoms with Crippen LogP contribution in [0.1, 0.15) is 84.9 Å². The number of allylic oxidation sites excluding steroid dienone is 8. The standard InChI is InChI=1S/2C11H17.Zr.2H/c2*1-6-11(5)7-8(2)9(3)10(11)4;;;/h2*6H2,1-5H3;;;/q;;+2;2*-1. The molecule has 2 aliphatic rings. The molecule has 0 aliphatic heterocycles. The molecule has 2 atom stereocenters. The fourth-order valence-electron chi connectivity index (χ4n) is 4.44. The van der Waals surface area contributed by atoms with E-state index in [1.54, 1.807) is 33.4 Å². The summed E-state index contributed by atoms with van der Waals surface area (Å²) in [5.41, 5.74) is 10.3. The van der Waals surface area contributed by atoms with Crippen molar-refractivity contribution >= 4 is 0 Å². The molecule has 2 aliphatic carbocycles. The van der Waals surface area contributed by atoms with E-state index in [1.807, 2.05) is 6.56 Å². The van der Waals surface area contributed by atoms with Gasteiger partial charge in [0.05, 0.1) is 0 Å². The summed E-state index contributed by atoms with van der Waals surface area (Å²) in [7, 11) is 0. The molecule has 0 heterocycles. The first-order valence-electron chi connectivity index (χ1n) is 9.12. The molecule has 23 heavy (non-hydrogen) atoms. The van der Waals surface area contributed by atoms with E-state index in [2.05, 4.69) is 69.2 Å². The van der Waals surface area contributed by atoms with Crippen LogP contribution in [0.25, 0.3) is 0 Å². The van der Waals surface area contributed by atoms with Gasteiger partial charge in [0.2, 0.25) is 0 Å². The molecule has 0 amide bonds. The predicted octanol–water partition coefficient (Wildman–Crippen LogP) is 7.37. The van der Waals surface area contributed by atoms with Crippen molar-refractivity contribution in [1.29, 1.82) is 0 Å². The first kappa shape index (κ1) is 19.2. The predicted molar refractivity (Wildman–Crippen MR) is 101 cm³/mol. The maximum atomic E-state index is 2.50. The van der Waals surface area contributed by atoms with Crippen LogP contribution in [0, 0.1) is 10.8 Å². The largest absolute Gasteiger partial charge is 1.00 e. The maximum Gasteiger partial charge on any atom is -1.00 e. The van der Waals surface area contributed by atoms with Crippen molar-refractivity contribution in [2.45, 2.75) is 82.1 Å². The molecule has 0 fully saturated rings. The van der Waals surface area contributed by atoms with Crippen molar-refractivity contribution in [3.63, 3.8) is 0 Å². The van der Waals surface area contributed by atoms with Crippen LogP contribution in [0.3, 0.4) is 0 Å². The molecule has 2 rings (SSSR count). The zero-order valence-electron chi connectivity index (χ0n) is 18.9. The second kappa shape index (κ2) is 6.29. The Morgan fingerprint density at radius 1 is 0.652 bits per heavy atom. The molecule has 0 radical (unpaired) electrons. The Kier molecular flexibility index (Phi) is 5.24. The molecule has 0 nitrogen and oxygen atoms in total. The third-order valence-electron chi connectivity index (χ3n) is 7.42. The van der Waals surface area contributed by atoms with E-state index in [4.69, 9.17) is 0 Å². The molecule has 2 unspecified atom stereocenters. The number of rotatable bonds is 4. The van der Waals surface area contributed by atoms with Gasteiger partial charge < -0.3 is 2.85 Å². The van der Waals surface area contributed by atoms with Gasteiger partial charge >= 0.3 is 156 Å². The van der Waals surface area contributed by atoms with Crippen LogP contribution in [-0.4, -0.2) is 0 Å². The third kappa shape index (κ3) is 2.57. The molecule has 0 N–H and O–H groups in total. The molecule has 0 aromatic carbocycles. The average molecular weight is 392 g/mol. The Hall–Kier alpha value is -0.157. The minimum atomic E-state index is -0.762. The summed E-state index contributed by atoms with van der Waals surface area (Å²) >= 11 is -0.762. The van der Waals surface area contributed by atoms with Crippen molar-refractivity contribution in [2.24, 2.45) is 10.8 Å². The van der Waals surface area contributed by atoms with Gasteiger partial charge in [0, 0.05) is 0 Å². The number of hydrogen-bond acceptors (Lipinski definition) is 0. The van der Waals surface area contributed by atoms with Crippen LogP contribution in [0.5, 0.6) is 0 Å². The normalized spacial score (nSPS) is 31.7. The summed E-state index contributed by atoms with van der Waals surface area (Å²) in [4.78, 5) is 0. The van der Waals surface area contributed by atoms with Crippen LogP contribution in [0.2, 0.25) is 0 Å². The van der Waals surface area contributed by atoms with E-state index in [0.29, 0.717) is 10.8 Å². The van der Waals surface area contributed by atoms with Crippen molar-refractivity contribution in [1.82, 2.24) is 0 Å². The van der Waals surface area contributed by atoms with Gasteiger partial charge in [-0.2, -0.15) is 0 Å². The van der Waals surface area contributed by atoms with Gasteiger partial charge in [-0.25, -0.2) is 0 Å². The van der Waals surface area contributed by atoms with Gasteiger partial charge in [0.25, 0.3) is 0 Å². The van der Waals surface area contributed by atoms with Gasteiger partial charge in [-0.1, -0.05) is 0 Å². The van der Waals surface area contributed by atoms with E-state index in [1.165, 1.54) is 12.8 Å². The van der Waals surface area contributed by atoms with E-state index < -0.39 is 23.2 Å². The van der Waals surface area contributed by atoms with Crippen LogP contribution >= 0.6 is 0 Å². The Balaban J connectivity index is 0.00000288. The monoisotopic (exact) mass is 390 g/mol. The van der Waals surface area contributed by atoms with Crippen molar-refractivity contribution in [2.75, 3.05) is 0 Å². The molecular weight excluding hydrogens is 355 g/mol. The van der Waals surface area contributed by atoms with Crippen LogP contribution in [0.15, 0.2) is 40.0 Å². The van der Waals surface area contributed by atoms with Gasteiger partial charge in [-0.05, 0) is 0 Å². The summed E-state index contributed by atoms with van der Waals surface area (Å²) in [6.45, 7) is 23.9. The SMILES string of the molecule is CCC1(C)C(C)=C(C)C(C)=[C]1[Zr+2][C]1=C(C)C(C)=C(C)C1(C)CC.[H-].[H-]. The Labute approximate surface area is 158 Å². The van der Waals surface area contributed by atoms with Gasteiger partial charge in [0.15, 0.2) is 0 Å². The molecule has 0 bridgehead atoms. The van der Waals surface area contributed by atoms with Gasteiger partial charge in [-0.3, -0.25) is 0 Å². The molecule has 1 heteroatoms. The molecule has 0 aromatic heterocycles. The summed E-state index contributed by atoms with van der Waals surface area (Å²) in [6.07, 6.45) is 2.48. The smallest absolute Gasteiger partial charge is 1.00 e. The molecular formula is C22H36Zr. The fourth-order valence-corrected chi connectivity index (χ4v) is 10.0. The van der Waals surface area contributed by atoms with E-state index >= 15 is 0 Å². The zero-order valence-corrected chi connectivity index (χ0v) is 19.4. The van der Waals surface area contributed by atoms with Crippen LogP contribution in [-0.2, 0) is 23.2 Å². The molecule has 128 valence electrons. The minimum absolute atomic E-state index is 0. The molecule has 0 spiro atoms. The second-order valence-corrected chi connectivity index (χ2v) is 11.1. The van der Waals surface area contributed by atoms with Gasteiger partial charge in [-0.15, -0.1) is 0 Å². The van der Waals surface area contributed by atoms with Crippen molar-refractivity contribution < 1.29 is 26.1 Å². The van der Waals surface area contributed by atoms with E-state index in [9.17, 15) is 0 Å². The molecule has 0 saturated heterocycles. The van der Waals surface area contributed by atoms with Gasteiger partial charge in [0.1, 0.15) is 0 Å². The van der Waals surface area contributed by atoms with Crippen molar-refractivity contribution in [3.05, 3.63) is 40.0 Å². The average Bonchev–Trinajstić information content (AvgIpc) is 2.81. The second-order valence-electron chi connectivity index (χ2n) is 8.00. The Bertz CT molecular complexity index is 620. The maximum absolute atomic E-state index is 2.50. The quantitative estimate of drug-likeness (QED) is 0.469. The summed E-state index contributed by atoms with van der Waals surface area (Å²) in [6, 6.07) is 0. The Morgan fingerprint density at radius 2 is 0.957 bits per heavy atom. The summed E-state index contributed by atoms with van der Waals surface area (Å²) in [5.74, 6) is 0. The van der Waals surface area contributed by atoms with Crippen LogP contribution < -0.4 is 0 Å². The molecule has 0 aromatic rings. The van der Waals surface area contributed by atoms with E-state index in [-0.39, 0.29) is 2.85 Å². The Morgan fingerprint density at radius 3 is 1.22 bits per heavy atom. The summed E-state index contributed by atoms with van der Waals surface area (Å²) < 4.78 is 3.69. The third-order valence-corrected chi connectivity index (χ3v) is 13.2. The summed E-state index contributed by atoms with van der Waals surface area (Å²) in [5, 5.41) is 0. The van der Waals surface area contributed by atoms with Crippen molar-refractivity contribution in [3.8, 4) is 0 Å². The zero-order chi connectivity index (χ0) is 17.7. The topological polar surface area (TPSA) is 0 Å².